The van der Waals surface area contributed by atoms with E-state index < -0.39 is 0 Å². The van der Waals surface area contributed by atoms with E-state index in [1.165, 1.54) is 0 Å². The maximum absolute atomic E-state index is 12.0. The molecule has 0 aliphatic rings. The van der Waals surface area contributed by atoms with Crippen LogP contribution in [0.3, 0.4) is 0 Å². The lowest BCUT2D eigenvalue weighted by Crippen LogP contribution is -2.17. The molecule has 0 aliphatic heterocycles. The molecule has 92 valence electrons. The van der Waals surface area contributed by atoms with Crippen LogP contribution >= 0.6 is 0 Å². The molecule has 0 unspecified atom stereocenters. The van der Waals surface area contributed by atoms with E-state index in [2.05, 4.69) is 15.3 Å². The van der Waals surface area contributed by atoms with Crippen LogP contribution in [0.5, 0.6) is 0 Å². The number of nitrogens with one attached hydrogen (secondary N) is 1. The van der Waals surface area contributed by atoms with Gasteiger partial charge in [0.25, 0.3) is 5.91 Å². The van der Waals surface area contributed by atoms with Crippen LogP contribution in [0.1, 0.15) is 10.5 Å². The number of aromatic nitrogens is 2. The Morgan fingerprint density at radius 3 is 2.72 bits per heavy atom. The van der Waals surface area contributed by atoms with Crippen molar-refractivity contribution in [2.75, 3.05) is 24.3 Å². The molecule has 0 fully saturated rings. The number of rotatable bonds is 3. The molecule has 2 aromatic heterocycles. The van der Waals surface area contributed by atoms with Gasteiger partial charge in [0.05, 0.1) is 11.9 Å². The first-order valence-electron chi connectivity index (χ1n) is 5.52. The second-order valence-corrected chi connectivity index (χ2v) is 3.97. The lowest BCUT2D eigenvalue weighted by Gasteiger charge is -2.12. The van der Waals surface area contributed by atoms with Crippen molar-refractivity contribution in [1.29, 1.82) is 0 Å². The molecule has 5 heteroatoms. The fourth-order valence-corrected chi connectivity index (χ4v) is 1.43. The van der Waals surface area contributed by atoms with E-state index in [-0.39, 0.29) is 5.91 Å². The normalized spacial score (nSPS) is 9.89. The average Bonchev–Trinajstić information content (AvgIpc) is 2.40. The summed E-state index contributed by atoms with van der Waals surface area (Å²) >= 11 is 0. The lowest BCUT2D eigenvalue weighted by molar-refractivity contribution is 0.102. The summed E-state index contributed by atoms with van der Waals surface area (Å²) in [7, 11) is 3.76. The topological polar surface area (TPSA) is 58.1 Å². The first-order chi connectivity index (χ1) is 8.66. The molecule has 1 N–H and O–H groups in total. The van der Waals surface area contributed by atoms with Crippen molar-refractivity contribution in [1.82, 2.24) is 9.97 Å². The van der Waals surface area contributed by atoms with Gasteiger partial charge in [0.2, 0.25) is 0 Å². The van der Waals surface area contributed by atoms with Crippen LogP contribution in [-0.4, -0.2) is 30.0 Å². The summed E-state index contributed by atoms with van der Waals surface area (Å²) in [6.45, 7) is 0. The second kappa shape index (κ2) is 5.27. The SMILES string of the molecule is CN(C)c1cccc(C(=O)Nc2cccnc2)n1. The van der Waals surface area contributed by atoms with Crippen LogP contribution in [0.15, 0.2) is 42.7 Å². The Kier molecular flexibility index (Phi) is 3.52. The van der Waals surface area contributed by atoms with Crippen LogP contribution in [0.25, 0.3) is 0 Å². The highest BCUT2D eigenvalue weighted by Crippen LogP contribution is 2.10. The number of amides is 1. The van der Waals surface area contributed by atoms with Crippen molar-refractivity contribution >= 4 is 17.4 Å². The van der Waals surface area contributed by atoms with Crippen LogP contribution in [0.4, 0.5) is 11.5 Å². The number of hydrogen-bond acceptors (Lipinski definition) is 4. The van der Waals surface area contributed by atoms with E-state index in [4.69, 9.17) is 0 Å². The highest BCUT2D eigenvalue weighted by Gasteiger charge is 2.08. The van der Waals surface area contributed by atoms with Gasteiger partial charge in [0, 0.05) is 20.3 Å². The number of carbonyl (C=O) groups excluding carboxylic acids is 1. The van der Waals surface area contributed by atoms with Gasteiger partial charge in [-0.1, -0.05) is 6.07 Å². The molecule has 0 saturated carbocycles. The van der Waals surface area contributed by atoms with Crippen LogP contribution in [0, 0.1) is 0 Å². The molecule has 0 spiro atoms. The largest absolute Gasteiger partial charge is 0.363 e. The minimum atomic E-state index is -0.244. The van der Waals surface area contributed by atoms with Crippen molar-refractivity contribution < 1.29 is 4.79 Å². The Balaban J connectivity index is 2.16. The van der Waals surface area contributed by atoms with Gasteiger partial charge < -0.3 is 10.2 Å². The van der Waals surface area contributed by atoms with Gasteiger partial charge in [-0.05, 0) is 24.3 Å². The Bertz CT molecular complexity index is 540. The quantitative estimate of drug-likeness (QED) is 0.891. The summed E-state index contributed by atoms with van der Waals surface area (Å²) < 4.78 is 0. The Labute approximate surface area is 105 Å². The molecule has 0 bridgehead atoms. The molecule has 2 heterocycles. The smallest absolute Gasteiger partial charge is 0.274 e. The van der Waals surface area contributed by atoms with E-state index in [1.54, 1.807) is 36.7 Å². The Hall–Kier alpha value is -2.43. The van der Waals surface area contributed by atoms with Crippen LogP contribution in [0.2, 0.25) is 0 Å². The zero-order valence-electron chi connectivity index (χ0n) is 10.3. The number of carbonyl (C=O) groups is 1. The van der Waals surface area contributed by atoms with Gasteiger partial charge in [-0.2, -0.15) is 0 Å². The fraction of sp³-hybridized carbons (Fsp3) is 0.154. The van der Waals surface area contributed by atoms with Gasteiger partial charge in [-0.15, -0.1) is 0 Å². The maximum Gasteiger partial charge on any atom is 0.274 e. The predicted molar refractivity (Wildman–Crippen MR) is 70.8 cm³/mol. The third-order valence-corrected chi connectivity index (χ3v) is 2.34. The van der Waals surface area contributed by atoms with Gasteiger partial charge >= 0.3 is 0 Å². The molecular formula is C13H14N4O. The molecule has 0 aromatic carbocycles. The summed E-state index contributed by atoms with van der Waals surface area (Å²) in [5.74, 6) is 0.500. The first kappa shape index (κ1) is 12.0. The monoisotopic (exact) mass is 242 g/mol. The summed E-state index contributed by atoms with van der Waals surface area (Å²) in [4.78, 5) is 22.0. The molecule has 5 nitrogen and oxygen atoms in total. The minimum Gasteiger partial charge on any atom is -0.363 e. The summed E-state index contributed by atoms with van der Waals surface area (Å²) in [5.41, 5.74) is 1.03. The summed E-state index contributed by atoms with van der Waals surface area (Å²) in [6, 6.07) is 8.88. The fourth-order valence-electron chi connectivity index (χ4n) is 1.43. The Morgan fingerprint density at radius 1 is 1.22 bits per heavy atom. The molecule has 2 aromatic rings. The van der Waals surface area contributed by atoms with Gasteiger partial charge in [0.15, 0.2) is 0 Å². The van der Waals surface area contributed by atoms with Crippen molar-refractivity contribution in [3.05, 3.63) is 48.4 Å². The number of hydrogen-bond donors (Lipinski definition) is 1. The first-order valence-corrected chi connectivity index (χ1v) is 5.52. The minimum absolute atomic E-state index is 0.244. The number of anilines is 2. The number of pyridine rings is 2. The molecule has 0 radical (unpaired) electrons. The van der Waals surface area contributed by atoms with E-state index in [1.807, 2.05) is 25.1 Å². The standard InChI is InChI=1S/C13H14N4O/c1-17(2)12-7-3-6-11(16-12)13(18)15-10-5-4-8-14-9-10/h3-9H,1-2H3,(H,15,18). The van der Waals surface area contributed by atoms with E-state index >= 15 is 0 Å². The molecular weight excluding hydrogens is 228 g/mol. The summed E-state index contributed by atoms with van der Waals surface area (Å²) in [6.07, 6.45) is 3.24. The zero-order valence-corrected chi connectivity index (χ0v) is 10.3. The van der Waals surface area contributed by atoms with E-state index in [0.717, 1.165) is 5.82 Å². The molecule has 0 saturated heterocycles. The molecule has 2 rings (SSSR count). The van der Waals surface area contributed by atoms with Crippen molar-refractivity contribution in [2.24, 2.45) is 0 Å². The maximum atomic E-state index is 12.0. The molecule has 1 amide bonds. The highest BCUT2D eigenvalue weighted by molar-refractivity contribution is 6.02. The third-order valence-electron chi connectivity index (χ3n) is 2.34. The van der Waals surface area contributed by atoms with E-state index in [0.29, 0.717) is 11.4 Å². The van der Waals surface area contributed by atoms with Crippen molar-refractivity contribution in [3.63, 3.8) is 0 Å². The van der Waals surface area contributed by atoms with Gasteiger partial charge in [-0.3, -0.25) is 9.78 Å². The molecule has 0 aliphatic carbocycles. The van der Waals surface area contributed by atoms with Crippen LogP contribution in [-0.2, 0) is 0 Å². The second-order valence-electron chi connectivity index (χ2n) is 3.97. The van der Waals surface area contributed by atoms with Crippen LogP contribution < -0.4 is 10.2 Å². The average molecular weight is 242 g/mol. The highest BCUT2D eigenvalue weighted by atomic mass is 16.1. The third kappa shape index (κ3) is 2.82. The van der Waals surface area contributed by atoms with Crippen molar-refractivity contribution in [3.8, 4) is 0 Å². The molecule has 0 atom stereocenters. The van der Waals surface area contributed by atoms with Gasteiger partial charge in [0.1, 0.15) is 11.5 Å². The van der Waals surface area contributed by atoms with Crippen molar-refractivity contribution in [2.45, 2.75) is 0 Å². The van der Waals surface area contributed by atoms with E-state index in [9.17, 15) is 4.79 Å². The van der Waals surface area contributed by atoms with Gasteiger partial charge in [-0.25, -0.2) is 4.98 Å². The molecule has 18 heavy (non-hydrogen) atoms. The Morgan fingerprint density at radius 2 is 2.06 bits per heavy atom. The number of nitrogens with zero attached hydrogens (tertiary/aromatic N) is 3. The summed E-state index contributed by atoms with van der Waals surface area (Å²) in [5, 5.41) is 2.74. The lowest BCUT2D eigenvalue weighted by atomic mass is 10.3. The predicted octanol–water partition coefficient (Wildman–Crippen LogP) is 1.79. The zero-order chi connectivity index (χ0) is 13.0.